The van der Waals surface area contributed by atoms with Gasteiger partial charge in [0, 0.05) is 25.6 Å². The van der Waals surface area contributed by atoms with Crippen LogP contribution in [-0.2, 0) is 32.1 Å². The van der Waals surface area contributed by atoms with Crippen molar-refractivity contribution in [3.63, 3.8) is 0 Å². The molecule has 1 aliphatic heterocycles. The Morgan fingerprint density at radius 1 is 0.818 bits per heavy atom. The Kier molecular flexibility index (Phi) is 20.2. The Bertz CT molecular complexity index is 943. The number of nitrogens with zero attached hydrogens (tertiary/aromatic N) is 2. The molecule has 0 radical (unpaired) electrons. The Hall–Kier alpha value is -2.68. The summed E-state index contributed by atoms with van der Waals surface area (Å²) in [5.74, 6) is -0.379. The van der Waals surface area contributed by atoms with Crippen LogP contribution in [0.1, 0.15) is 136 Å². The number of hydrogen-bond donors (Lipinski definition) is 1. The van der Waals surface area contributed by atoms with E-state index >= 15 is 0 Å². The van der Waals surface area contributed by atoms with Crippen molar-refractivity contribution in [2.45, 2.75) is 155 Å². The summed E-state index contributed by atoms with van der Waals surface area (Å²) in [6.07, 6.45) is 21.4. The molecule has 2 rings (SSSR count). The lowest BCUT2D eigenvalue weighted by Crippen LogP contribution is -2.43. The van der Waals surface area contributed by atoms with Gasteiger partial charge in [-0.25, -0.2) is 19.1 Å². The van der Waals surface area contributed by atoms with Gasteiger partial charge in [0.25, 0.3) is 0 Å². The fraction of sp³-hybridized carbons (Fsp3) is 0.771. The number of amides is 3. The van der Waals surface area contributed by atoms with Crippen molar-refractivity contribution in [2.24, 2.45) is 0 Å². The van der Waals surface area contributed by atoms with Gasteiger partial charge in [0.2, 0.25) is 11.6 Å². The van der Waals surface area contributed by atoms with Crippen LogP contribution in [0.2, 0.25) is 0 Å². The zero-order chi connectivity index (χ0) is 31.8. The number of carbonyl (C=O) groups is 3. The van der Waals surface area contributed by atoms with E-state index in [0.29, 0.717) is 19.4 Å². The molecule has 44 heavy (non-hydrogen) atoms. The summed E-state index contributed by atoms with van der Waals surface area (Å²) in [5.41, 5.74) is 0.842. The van der Waals surface area contributed by atoms with Crippen LogP contribution in [0.4, 0.5) is 9.59 Å². The second-order valence-corrected chi connectivity index (χ2v) is 12.1. The Morgan fingerprint density at radius 3 is 1.91 bits per heavy atom. The SMILES string of the molecule is CCCCCCCCCCCCCCCCCNC(=O)OC[C@H]1CC[C@@H](COC(=O)N(Cc2cccc[n+]2CC)C(C)=O)O1. The number of unbranched alkanes of at least 4 members (excludes halogenated alkanes) is 14. The van der Waals surface area contributed by atoms with Gasteiger partial charge in [0.1, 0.15) is 26.3 Å². The molecule has 1 fully saturated rings. The summed E-state index contributed by atoms with van der Waals surface area (Å²) in [4.78, 5) is 38.0. The summed E-state index contributed by atoms with van der Waals surface area (Å²) >= 11 is 0. The van der Waals surface area contributed by atoms with Crippen LogP contribution >= 0.6 is 0 Å². The molecule has 0 aromatic carbocycles. The molecule has 0 bridgehead atoms. The first kappa shape index (κ1) is 37.5. The third kappa shape index (κ3) is 16.4. The normalized spacial score (nSPS) is 16.1. The average molecular weight is 619 g/mol. The number of imide groups is 1. The lowest BCUT2D eigenvalue weighted by atomic mass is 10.0. The summed E-state index contributed by atoms with van der Waals surface area (Å²) in [7, 11) is 0. The van der Waals surface area contributed by atoms with Crippen LogP contribution in [0.5, 0.6) is 0 Å². The highest BCUT2D eigenvalue weighted by molar-refractivity contribution is 5.90. The van der Waals surface area contributed by atoms with Crippen molar-refractivity contribution < 1.29 is 33.2 Å². The van der Waals surface area contributed by atoms with Crippen LogP contribution in [-0.4, -0.2) is 55.0 Å². The topological polar surface area (TPSA) is 98.0 Å². The van der Waals surface area contributed by atoms with Crippen LogP contribution in [0, 0.1) is 0 Å². The van der Waals surface area contributed by atoms with E-state index in [-0.39, 0.29) is 37.9 Å². The second kappa shape index (κ2) is 23.7. The van der Waals surface area contributed by atoms with E-state index in [1.54, 1.807) is 0 Å². The van der Waals surface area contributed by atoms with E-state index < -0.39 is 12.2 Å². The first-order valence-electron chi connectivity index (χ1n) is 17.4. The monoisotopic (exact) mass is 618 g/mol. The maximum absolute atomic E-state index is 12.7. The molecular formula is C35H60N3O6+. The van der Waals surface area contributed by atoms with Gasteiger partial charge in [-0.1, -0.05) is 103 Å². The first-order chi connectivity index (χ1) is 21.4. The van der Waals surface area contributed by atoms with Crippen LogP contribution in [0.15, 0.2) is 24.4 Å². The number of hydrogen-bond acceptors (Lipinski definition) is 6. The number of nitrogens with one attached hydrogen (secondary N) is 1. The molecule has 2 atom stereocenters. The fourth-order valence-electron chi connectivity index (χ4n) is 5.60. The van der Waals surface area contributed by atoms with Gasteiger partial charge in [0.15, 0.2) is 6.20 Å². The molecule has 1 aromatic heterocycles. The van der Waals surface area contributed by atoms with Crippen molar-refractivity contribution in [2.75, 3.05) is 19.8 Å². The lowest BCUT2D eigenvalue weighted by molar-refractivity contribution is -0.701. The quantitative estimate of drug-likeness (QED) is 0.100. The molecule has 9 nitrogen and oxygen atoms in total. The van der Waals surface area contributed by atoms with E-state index in [2.05, 4.69) is 12.2 Å². The first-order valence-corrected chi connectivity index (χ1v) is 17.4. The van der Waals surface area contributed by atoms with E-state index in [0.717, 1.165) is 30.0 Å². The third-order valence-electron chi connectivity index (χ3n) is 8.33. The zero-order valence-corrected chi connectivity index (χ0v) is 27.9. The summed E-state index contributed by atoms with van der Waals surface area (Å²) in [5, 5.41) is 2.83. The fourth-order valence-corrected chi connectivity index (χ4v) is 5.60. The summed E-state index contributed by atoms with van der Waals surface area (Å²) in [6, 6.07) is 5.67. The van der Waals surface area contributed by atoms with Gasteiger partial charge in [-0.15, -0.1) is 0 Å². The highest BCUT2D eigenvalue weighted by atomic mass is 16.6. The van der Waals surface area contributed by atoms with Crippen molar-refractivity contribution in [3.05, 3.63) is 30.1 Å². The molecule has 1 aliphatic rings. The minimum absolute atomic E-state index is 0.0487. The number of aromatic nitrogens is 1. The Balaban J connectivity index is 1.46. The predicted molar refractivity (Wildman–Crippen MR) is 172 cm³/mol. The van der Waals surface area contributed by atoms with E-state index in [9.17, 15) is 14.4 Å². The van der Waals surface area contributed by atoms with Crippen molar-refractivity contribution in [1.29, 1.82) is 0 Å². The van der Waals surface area contributed by atoms with Crippen LogP contribution in [0.3, 0.4) is 0 Å². The second-order valence-electron chi connectivity index (χ2n) is 12.1. The van der Waals surface area contributed by atoms with Gasteiger partial charge in [-0.2, -0.15) is 0 Å². The Labute approximate surface area is 266 Å². The van der Waals surface area contributed by atoms with Gasteiger partial charge >= 0.3 is 12.2 Å². The number of ether oxygens (including phenoxy) is 3. The minimum Gasteiger partial charge on any atom is -0.447 e. The molecule has 0 aliphatic carbocycles. The van der Waals surface area contributed by atoms with Crippen molar-refractivity contribution >= 4 is 18.1 Å². The highest BCUT2D eigenvalue weighted by Crippen LogP contribution is 2.21. The summed E-state index contributed by atoms with van der Waals surface area (Å²) < 4.78 is 18.6. The molecular weight excluding hydrogens is 558 g/mol. The molecule has 9 heteroatoms. The maximum Gasteiger partial charge on any atom is 0.417 e. The van der Waals surface area contributed by atoms with E-state index in [4.69, 9.17) is 14.2 Å². The molecule has 1 saturated heterocycles. The minimum atomic E-state index is -0.689. The molecule has 3 amide bonds. The predicted octanol–water partition coefficient (Wildman–Crippen LogP) is 7.62. The molecule has 1 N–H and O–H groups in total. The molecule has 0 spiro atoms. The average Bonchev–Trinajstić information content (AvgIpc) is 3.49. The molecule has 1 aromatic rings. The summed E-state index contributed by atoms with van der Waals surface area (Å²) in [6.45, 7) is 7.33. The smallest absolute Gasteiger partial charge is 0.417 e. The van der Waals surface area contributed by atoms with E-state index in [1.807, 2.05) is 35.9 Å². The molecule has 2 heterocycles. The van der Waals surface area contributed by atoms with E-state index in [1.165, 1.54) is 90.4 Å². The number of rotatable bonds is 23. The van der Waals surface area contributed by atoms with Gasteiger partial charge in [0.05, 0.1) is 12.2 Å². The Morgan fingerprint density at radius 2 is 1.36 bits per heavy atom. The number of aryl methyl sites for hydroxylation is 1. The molecule has 0 saturated carbocycles. The van der Waals surface area contributed by atoms with Gasteiger partial charge in [-0.3, -0.25) is 4.79 Å². The number of pyridine rings is 1. The van der Waals surface area contributed by atoms with Crippen molar-refractivity contribution in [1.82, 2.24) is 10.2 Å². The van der Waals surface area contributed by atoms with Gasteiger partial charge < -0.3 is 19.5 Å². The molecule has 250 valence electrons. The number of carbonyl (C=O) groups excluding carboxylic acids is 3. The highest BCUT2D eigenvalue weighted by Gasteiger charge is 2.29. The largest absolute Gasteiger partial charge is 0.447 e. The van der Waals surface area contributed by atoms with Crippen LogP contribution < -0.4 is 9.88 Å². The third-order valence-corrected chi connectivity index (χ3v) is 8.33. The van der Waals surface area contributed by atoms with Crippen LogP contribution in [0.25, 0.3) is 0 Å². The standard InChI is InChI=1S/C35H59N3O6/c1-4-6-7-8-9-10-11-12-13-14-15-16-17-18-20-25-36-34(40)42-28-32-23-24-33(44-32)29-43-35(41)38(30(3)39)27-31-22-19-21-26-37(31)5-2/h19,21-22,26,32-33H,4-18,20,23-25,27-29H2,1-3H3/p+1/t32-,33+/m1/s1. The number of alkyl carbamates (subject to hydrolysis) is 1. The van der Waals surface area contributed by atoms with Crippen molar-refractivity contribution in [3.8, 4) is 0 Å². The van der Waals surface area contributed by atoms with Gasteiger partial charge in [-0.05, 0) is 26.2 Å². The maximum atomic E-state index is 12.7. The zero-order valence-electron chi connectivity index (χ0n) is 27.9. The lowest BCUT2D eigenvalue weighted by Gasteiger charge is -2.19. The molecule has 0 unspecified atom stereocenters.